The summed E-state index contributed by atoms with van der Waals surface area (Å²) in [4.78, 5) is 14.0. The van der Waals surface area contributed by atoms with E-state index in [4.69, 9.17) is 4.74 Å². The van der Waals surface area contributed by atoms with Crippen LogP contribution in [0.1, 0.15) is 26.7 Å². The highest BCUT2D eigenvalue weighted by molar-refractivity contribution is 7.89. The Morgan fingerprint density at radius 2 is 1.96 bits per heavy atom. The zero-order valence-electron chi connectivity index (χ0n) is 13.9. The van der Waals surface area contributed by atoms with E-state index >= 15 is 0 Å². The number of carbonyl (C=O) groups excluding carboxylic acids is 1. The van der Waals surface area contributed by atoms with Crippen LogP contribution in [0.4, 0.5) is 5.69 Å². The van der Waals surface area contributed by atoms with Gasteiger partial charge in [-0.25, -0.2) is 8.42 Å². The van der Waals surface area contributed by atoms with Crippen LogP contribution in [0.5, 0.6) is 0 Å². The fourth-order valence-corrected chi connectivity index (χ4v) is 4.75. The first-order valence-corrected chi connectivity index (χ1v) is 9.61. The maximum Gasteiger partial charge on any atom is 0.320 e. The Balaban J connectivity index is 1.67. The summed E-state index contributed by atoms with van der Waals surface area (Å²) in [6, 6.07) is 6.90. The van der Waals surface area contributed by atoms with E-state index in [1.807, 2.05) is 24.8 Å². The minimum absolute atomic E-state index is 0.128. The fraction of sp³-hybridized carbons (Fsp3) is 0.562. The number of esters is 1. The third kappa shape index (κ3) is 3.55. The molecule has 2 aliphatic rings. The molecule has 2 heterocycles. The Hall–Kier alpha value is -1.64. The lowest BCUT2D eigenvalue weighted by Crippen LogP contribution is -2.62. The van der Waals surface area contributed by atoms with Crippen LogP contribution in [0.3, 0.4) is 0 Å². The molecule has 1 spiro atoms. The SMILES string of the molecule is CC(C)OC(=O)CN1CCC2(CC1)Nc1ccccc1S(=O)(=O)N2. The average Bonchev–Trinajstić information content (AvgIpc) is 2.48. The normalized spacial score (nSPS) is 22.0. The Bertz CT molecular complexity index is 725. The molecule has 0 unspecified atom stereocenters. The molecule has 2 N–H and O–H groups in total. The largest absolute Gasteiger partial charge is 0.462 e. The zero-order valence-corrected chi connectivity index (χ0v) is 14.7. The van der Waals surface area contributed by atoms with Crippen LogP contribution in [0, 0.1) is 0 Å². The van der Waals surface area contributed by atoms with Crippen molar-refractivity contribution in [3.8, 4) is 0 Å². The zero-order chi connectivity index (χ0) is 17.4. The summed E-state index contributed by atoms with van der Waals surface area (Å²) in [5.41, 5.74) is -0.0602. The van der Waals surface area contributed by atoms with Gasteiger partial charge in [-0.3, -0.25) is 9.69 Å². The summed E-state index contributed by atoms with van der Waals surface area (Å²) in [6.45, 7) is 5.11. The fourth-order valence-electron chi connectivity index (χ4n) is 3.20. The van der Waals surface area contributed by atoms with Gasteiger partial charge in [-0.15, -0.1) is 0 Å². The van der Waals surface area contributed by atoms with Crippen molar-refractivity contribution in [1.82, 2.24) is 9.62 Å². The molecule has 0 bridgehead atoms. The molecule has 0 aromatic heterocycles. The second-order valence-electron chi connectivity index (χ2n) is 6.62. The molecule has 132 valence electrons. The molecule has 3 rings (SSSR count). The summed E-state index contributed by atoms with van der Waals surface area (Å²) < 4.78 is 32.9. The lowest BCUT2D eigenvalue weighted by molar-refractivity contribution is -0.149. The standard InChI is InChI=1S/C16H23N3O4S/c1-12(2)23-15(20)11-19-9-7-16(8-10-19)17-13-5-3-4-6-14(13)24(21,22)18-16/h3-6,12,17-18H,7-11H2,1-2H3. The van der Waals surface area contributed by atoms with Crippen molar-refractivity contribution in [1.29, 1.82) is 0 Å². The molecule has 24 heavy (non-hydrogen) atoms. The van der Waals surface area contributed by atoms with Crippen molar-refractivity contribution in [3.05, 3.63) is 24.3 Å². The van der Waals surface area contributed by atoms with Gasteiger partial charge in [-0.1, -0.05) is 12.1 Å². The van der Waals surface area contributed by atoms with E-state index in [-0.39, 0.29) is 23.5 Å². The topological polar surface area (TPSA) is 87.7 Å². The predicted octanol–water partition coefficient (Wildman–Crippen LogP) is 1.13. The van der Waals surface area contributed by atoms with E-state index in [0.29, 0.717) is 31.6 Å². The number of para-hydroxylation sites is 1. The highest BCUT2D eigenvalue weighted by atomic mass is 32.2. The number of rotatable bonds is 3. The molecule has 8 heteroatoms. The van der Waals surface area contributed by atoms with Crippen LogP contribution in [0.15, 0.2) is 29.2 Å². The molecule has 7 nitrogen and oxygen atoms in total. The van der Waals surface area contributed by atoms with Crippen LogP contribution in [0.2, 0.25) is 0 Å². The molecule has 2 aliphatic heterocycles. The number of carbonyl (C=O) groups is 1. The van der Waals surface area contributed by atoms with E-state index in [1.54, 1.807) is 18.2 Å². The molecular weight excluding hydrogens is 330 g/mol. The van der Waals surface area contributed by atoms with Crippen LogP contribution in [-0.4, -0.2) is 50.7 Å². The number of fused-ring (bicyclic) bond motifs is 1. The van der Waals surface area contributed by atoms with Gasteiger partial charge in [-0.05, 0) is 38.8 Å². The smallest absolute Gasteiger partial charge is 0.320 e. The first-order valence-electron chi connectivity index (χ1n) is 8.13. The number of hydrogen-bond donors (Lipinski definition) is 2. The lowest BCUT2D eigenvalue weighted by atomic mass is 9.97. The van der Waals surface area contributed by atoms with Gasteiger partial charge in [0, 0.05) is 13.1 Å². The predicted molar refractivity (Wildman–Crippen MR) is 90.0 cm³/mol. The van der Waals surface area contributed by atoms with Crippen molar-refractivity contribution in [2.24, 2.45) is 0 Å². The van der Waals surface area contributed by atoms with Gasteiger partial charge in [0.15, 0.2) is 0 Å². The van der Waals surface area contributed by atoms with E-state index in [0.717, 1.165) is 0 Å². The van der Waals surface area contributed by atoms with Crippen molar-refractivity contribution in [2.45, 2.75) is 43.4 Å². The van der Waals surface area contributed by atoms with E-state index < -0.39 is 15.7 Å². The van der Waals surface area contributed by atoms with Gasteiger partial charge >= 0.3 is 5.97 Å². The molecule has 1 saturated heterocycles. The van der Waals surface area contributed by atoms with Gasteiger partial charge in [0.2, 0.25) is 10.0 Å². The molecule has 0 saturated carbocycles. The van der Waals surface area contributed by atoms with E-state index in [1.165, 1.54) is 0 Å². The molecule has 0 radical (unpaired) electrons. The summed E-state index contributed by atoms with van der Waals surface area (Å²) in [5, 5.41) is 3.34. The van der Waals surface area contributed by atoms with Crippen LogP contribution >= 0.6 is 0 Å². The Kier molecular flexibility index (Phi) is 4.54. The first kappa shape index (κ1) is 17.2. The number of benzene rings is 1. The summed E-state index contributed by atoms with van der Waals surface area (Å²) in [7, 11) is -3.53. The van der Waals surface area contributed by atoms with Gasteiger partial charge in [0.25, 0.3) is 0 Å². The van der Waals surface area contributed by atoms with Crippen molar-refractivity contribution in [2.75, 3.05) is 25.0 Å². The maximum absolute atomic E-state index is 12.5. The summed E-state index contributed by atoms with van der Waals surface area (Å²) in [6.07, 6.45) is 1.03. The monoisotopic (exact) mass is 353 g/mol. The third-order valence-corrected chi connectivity index (χ3v) is 5.90. The Labute approximate surface area is 142 Å². The van der Waals surface area contributed by atoms with Gasteiger partial charge in [-0.2, -0.15) is 4.72 Å². The molecule has 0 atom stereocenters. The number of piperidine rings is 1. The number of nitrogens with zero attached hydrogens (tertiary/aromatic N) is 1. The summed E-state index contributed by atoms with van der Waals surface area (Å²) >= 11 is 0. The van der Waals surface area contributed by atoms with Gasteiger partial charge in [0.05, 0.1) is 18.3 Å². The maximum atomic E-state index is 12.5. The number of nitrogens with one attached hydrogen (secondary N) is 2. The highest BCUT2D eigenvalue weighted by Gasteiger charge is 2.43. The average molecular weight is 353 g/mol. The molecule has 1 aromatic rings. The lowest BCUT2D eigenvalue weighted by Gasteiger charge is -2.45. The van der Waals surface area contributed by atoms with Crippen LogP contribution in [-0.2, 0) is 19.6 Å². The number of anilines is 1. The van der Waals surface area contributed by atoms with Crippen LogP contribution in [0.25, 0.3) is 0 Å². The van der Waals surface area contributed by atoms with E-state index in [2.05, 4.69) is 10.0 Å². The van der Waals surface area contributed by atoms with E-state index in [9.17, 15) is 13.2 Å². The Morgan fingerprint density at radius 3 is 2.62 bits per heavy atom. The van der Waals surface area contributed by atoms with Crippen molar-refractivity contribution in [3.63, 3.8) is 0 Å². The first-order chi connectivity index (χ1) is 11.3. The number of ether oxygens (including phenoxy) is 1. The second-order valence-corrected chi connectivity index (χ2v) is 8.27. The number of sulfonamides is 1. The van der Waals surface area contributed by atoms with Crippen LogP contribution < -0.4 is 10.0 Å². The van der Waals surface area contributed by atoms with Crippen molar-refractivity contribution < 1.29 is 17.9 Å². The second kappa shape index (κ2) is 6.34. The van der Waals surface area contributed by atoms with Crippen molar-refractivity contribution >= 4 is 21.7 Å². The minimum Gasteiger partial charge on any atom is -0.462 e. The molecule has 0 aliphatic carbocycles. The van der Waals surface area contributed by atoms with Gasteiger partial charge < -0.3 is 10.1 Å². The molecule has 1 aromatic carbocycles. The molecule has 0 amide bonds. The quantitative estimate of drug-likeness (QED) is 0.792. The third-order valence-electron chi connectivity index (χ3n) is 4.31. The Morgan fingerprint density at radius 1 is 1.29 bits per heavy atom. The molecular formula is C16H23N3O4S. The highest BCUT2D eigenvalue weighted by Crippen LogP contribution is 2.34. The number of hydrogen-bond acceptors (Lipinski definition) is 6. The minimum atomic E-state index is -3.53. The van der Waals surface area contributed by atoms with Gasteiger partial charge in [0.1, 0.15) is 10.6 Å². The number of likely N-dealkylation sites (tertiary alicyclic amines) is 1. The summed E-state index contributed by atoms with van der Waals surface area (Å²) in [5.74, 6) is -0.247. The molecule has 1 fully saturated rings.